The number of hydrogen-bond donors (Lipinski definition) is 1. The van der Waals surface area contributed by atoms with E-state index in [1.54, 1.807) is 20.4 Å². The van der Waals surface area contributed by atoms with Gasteiger partial charge in [-0.1, -0.05) is 42.5 Å². The first-order chi connectivity index (χ1) is 19.1. The fourth-order valence-electron chi connectivity index (χ4n) is 4.12. The topological polar surface area (TPSA) is 71.4 Å². The van der Waals surface area contributed by atoms with E-state index in [1.807, 2.05) is 74.2 Å². The lowest BCUT2D eigenvalue weighted by atomic mass is 10.2. The molecule has 8 heteroatoms. The number of nitrogens with one attached hydrogen (secondary N) is 1. The molecule has 2 aromatic heterocycles. The van der Waals surface area contributed by atoms with Gasteiger partial charge in [-0.25, -0.2) is 9.97 Å². The second-order valence-corrected chi connectivity index (χ2v) is 9.11. The number of anilines is 2. The average Bonchev–Trinajstić information content (AvgIpc) is 3.66. The first-order valence-electron chi connectivity index (χ1n) is 12.8. The monoisotopic (exact) mass is 524 g/mol. The summed E-state index contributed by atoms with van der Waals surface area (Å²) in [5.41, 5.74) is 3.49. The third-order valence-corrected chi connectivity index (χ3v) is 6.31. The highest BCUT2D eigenvalue weighted by atomic mass is 16.5. The molecule has 0 radical (unpaired) electrons. The van der Waals surface area contributed by atoms with Gasteiger partial charge < -0.3 is 28.8 Å². The van der Waals surface area contributed by atoms with Crippen LogP contribution in [0.1, 0.15) is 17.2 Å². The normalized spacial score (nSPS) is 10.4. The summed E-state index contributed by atoms with van der Waals surface area (Å²) in [7, 11) is 7.45. The second kappa shape index (κ2) is 13.7. The van der Waals surface area contributed by atoms with Crippen molar-refractivity contribution in [2.75, 3.05) is 38.1 Å². The summed E-state index contributed by atoms with van der Waals surface area (Å²) in [4.78, 5) is 16.1. The minimum atomic E-state index is 0.743. The fraction of sp³-hybridized carbons (Fsp3) is 0.226. The molecule has 8 nitrogen and oxygen atoms in total. The molecule has 0 aliphatic heterocycles. The number of H-pyrrole nitrogens is 1. The van der Waals surface area contributed by atoms with Crippen molar-refractivity contribution in [2.24, 2.45) is 0 Å². The predicted molar refractivity (Wildman–Crippen MR) is 157 cm³/mol. The van der Waals surface area contributed by atoms with Crippen molar-refractivity contribution >= 4 is 11.4 Å². The van der Waals surface area contributed by atoms with Crippen LogP contribution in [0.3, 0.4) is 0 Å². The third kappa shape index (κ3) is 7.88. The van der Waals surface area contributed by atoms with Crippen LogP contribution in [0.4, 0.5) is 11.4 Å². The van der Waals surface area contributed by atoms with E-state index in [1.165, 1.54) is 5.56 Å². The summed E-state index contributed by atoms with van der Waals surface area (Å²) in [6.45, 7) is 2.33. The Bertz CT molecular complexity index is 1400. The van der Waals surface area contributed by atoms with E-state index >= 15 is 0 Å². The van der Waals surface area contributed by atoms with Crippen LogP contribution >= 0.6 is 0 Å². The molecule has 0 saturated heterocycles. The molecule has 0 bridgehead atoms. The van der Waals surface area contributed by atoms with Crippen LogP contribution in [0.25, 0.3) is 0 Å². The van der Waals surface area contributed by atoms with Crippen LogP contribution in [-0.4, -0.2) is 47.8 Å². The van der Waals surface area contributed by atoms with E-state index in [9.17, 15) is 0 Å². The van der Waals surface area contributed by atoms with Crippen molar-refractivity contribution < 1.29 is 9.47 Å². The minimum Gasteiger partial charge on any atom is -0.497 e. The molecule has 0 amide bonds. The van der Waals surface area contributed by atoms with Crippen LogP contribution in [-0.2, 0) is 19.6 Å². The number of aromatic amines is 1. The summed E-state index contributed by atoms with van der Waals surface area (Å²) in [5, 5.41) is 0. The quantitative estimate of drug-likeness (QED) is 0.255. The van der Waals surface area contributed by atoms with Gasteiger partial charge in [-0.2, -0.15) is 0 Å². The zero-order valence-corrected chi connectivity index (χ0v) is 23.0. The van der Waals surface area contributed by atoms with Gasteiger partial charge >= 0.3 is 0 Å². The average molecular weight is 525 g/mol. The molecule has 0 aliphatic rings. The molecule has 5 aromatic rings. The lowest BCUT2D eigenvalue weighted by molar-refractivity contribution is 0.414. The molecule has 39 heavy (non-hydrogen) atoms. The fourth-order valence-corrected chi connectivity index (χ4v) is 4.12. The Hall–Kier alpha value is -4.72. The Labute approximate surface area is 230 Å². The number of benzene rings is 3. The summed E-state index contributed by atoms with van der Waals surface area (Å²) < 4.78 is 12.7. The SMILES string of the molecule is COc1cccc(N(C)Cc2ncc[nH]2)c1.COc1cccc(N(C)Cc2nccn2Cc2ccccc2)c1. The number of methoxy groups -OCH3 is 2. The van der Waals surface area contributed by atoms with Crippen LogP contribution in [0.2, 0.25) is 0 Å². The van der Waals surface area contributed by atoms with Crippen LogP contribution < -0.4 is 19.3 Å². The highest BCUT2D eigenvalue weighted by Gasteiger charge is 2.09. The molecule has 3 aromatic carbocycles. The number of nitrogens with zero attached hydrogens (tertiary/aromatic N) is 5. The van der Waals surface area contributed by atoms with Crippen molar-refractivity contribution in [3.63, 3.8) is 0 Å². The number of hydrogen-bond acceptors (Lipinski definition) is 6. The maximum Gasteiger partial charge on any atom is 0.128 e. The van der Waals surface area contributed by atoms with E-state index in [4.69, 9.17) is 9.47 Å². The predicted octanol–water partition coefficient (Wildman–Crippen LogP) is 5.63. The van der Waals surface area contributed by atoms with E-state index < -0.39 is 0 Å². The van der Waals surface area contributed by atoms with E-state index in [0.29, 0.717) is 0 Å². The maximum absolute atomic E-state index is 5.30. The molecule has 0 atom stereocenters. The Balaban J connectivity index is 0.000000193. The Morgan fingerprint density at radius 2 is 1.38 bits per heavy atom. The number of imidazole rings is 2. The van der Waals surface area contributed by atoms with Gasteiger partial charge in [-0.3, -0.25) is 0 Å². The van der Waals surface area contributed by atoms with Gasteiger partial charge in [0, 0.05) is 68.9 Å². The van der Waals surface area contributed by atoms with Gasteiger partial charge in [0.15, 0.2) is 0 Å². The summed E-state index contributed by atoms with van der Waals surface area (Å²) in [6, 6.07) is 26.5. The molecule has 0 fully saturated rings. The van der Waals surface area contributed by atoms with Crippen molar-refractivity contribution in [3.05, 3.63) is 121 Å². The maximum atomic E-state index is 5.30. The minimum absolute atomic E-state index is 0.743. The van der Waals surface area contributed by atoms with Crippen LogP contribution in [0.15, 0.2) is 104 Å². The molecular formula is C31H36N6O2. The number of ether oxygens (including phenoxy) is 2. The standard InChI is InChI=1S/C19H21N3O.C12H15N3O/c1-21(17-9-6-10-18(13-17)23-2)15-19-20-11-12-22(19)14-16-7-4-3-5-8-16;1-15(9-12-13-6-7-14-12)10-4-3-5-11(8-10)16-2/h3-13H,14-15H2,1-2H3;3-8H,9H2,1-2H3,(H,13,14). The summed E-state index contributed by atoms with van der Waals surface area (Å²) in [6.07, 6.45) is 7.48. The molecule has 1 N–H and O–H groups in total. The second-order valence-electron chi connectivity index (χ2n) is 9.11. The largest absolute Gasteiger partial charge is 0.497 e. The lowest BCUT2D eigenvalue weighted by Gasteiger charge is -2.20. The van der Waals surface area contributed by atoms with Gasteiger partial charge in [0.1, 0.15) is 23.1 Å². The summed E-state index contributed by atoms with van der Waals surface area (Å²) in [5.74, 6) is 3.72. The van der Waals surface area contributed by atoms with Crippen molar-refractivity contribution in [1.82, 2.24) is 19.5 Å². The van der Waals surface area contributed by atoms with Crippen molar-refractivity contribution in [2.45, 2.75) is 19.6 Å². The van der Waals surface area contributed by atoms with E-state index in [0.717, 1.165) is 54.2 Å². The zero-order valence-electron chi connectivity index (χ0n) is 23.0. The highest BCUT2D eigenvalue weighted by molar-refractivity contribution is 5.51. The molecule has 202 valence electrons. The van der Waals surface area contributed by atoms with Crippen LogP contribution in [0, 0.1) is 0 Å². The third-order valence-electron chi connectivity index (χ3n) is 6.31. The molecule has 0 unspecified atom stereocenters. The van der Waals surface area contributed by atoms with Crippen molar-refractivity contribution in [1.29, 1.82) is 0 Å². The molecule has 5 rings (SSSR count). The van der Waals surface area contributed by atoms with Crippen LogP contribution in [0.5, 0.6) is 11.5 Å². The first kappa shape index (κ1) is 27.3. The first-order valence-corrected chi connectivity index (χ1v) is 12.8. The Kier molecular flexibility index (Phi) is 9.61. The highest BCUT2D eigenvalue weighted by Crippen LogP contribution is 2.22. The number of aromatic nitrogens is 4. The summed E-state index contributed by atoms with van der Waals surface area (Å²) >= 11 is 0. The Morgan fingerprint density at radius 3 is 1.97 bits per heavy atom. The van der Waals surface area contributed by atoms with Gasteiger partial charge in [0.25, 0.3) is 0 Å². The molecule has 0 spiro atoms. The van der Waals surface area contributed by atoms with E-state index in [2.05, 4.69) is 66.7 Å². The van der Waals surface area contributed by atoms with Gasteiger partial charge in [-0.05, 0) is 29.8 Å². The van der Waals surface area contributed by atoms with Gasteiger partial charge in [0.05, 0.1) is 27.3 Å². The van der Waals surface area contributed by atoms with Gasteiger partial charge in [0.2, 0.25) is 0 Å². The Morgan fingerprint density at radius 1 is 0.744 bits per heavy atom. The molecule has 2 heterocycles. The molecular weight excluding hydrogens is 488 g/mol. The smallest absolute Gasteiger partial charge is 0.128 e. The van der Waals surface area contributed by atoms with Gasteiger partial charge in [-0.15, -0.1) is 0 Å². The van der Waals surface area contributed by atoms with Crippen molar-refractivity contribution in [3.8, 4) is 11.5 Å². The zero-order chi connectivity index (χ0) is 27.5. The van der Waals surface area contributed by atoms with E-state index in [-0.39, 0.29) is 0 Å². The molecule has 0 saturated carbocycles. The molecule has 0 aliphatic carbocycles. The lowest BCUT2D eigenvalue weighted by Crippen LogP contribution is -2.20. The number of rotatable bonds is 10.